The molecule has 0 radical (unpaired) electrons. The minimum Gasteiger partial charge on any atom is -0.397 e. The Morgan fingerprint density at radius 2 is 2.19 bits per heavy atom. The van der Waals surface area contributed by atoms with E-state index in [2.05, 4.69) is 15.1 Å². The molecule has 0 saturated carbocycles. The largest absolute Gasteiger partial charge is 0.397 e. The quantitative estimate of drug-likeness (QED) is 0.520. The summed E-state index contributed by atoms with van der Waals surface area (Å²) in [5.41, 5.74) is 7.01. The fourth-order valence-electron chi connectivity index (χ4n) is 1.88. The lowest BCUT2D eigenvalue weighted by molar-refractivity contribution is 0.588. The van der Waals surface area contributed by atoms with E-state index < -0.39 is 10.0 Å². The van der Waals surface area contributed by atoms with Crippen molar-refractivity contribution >= 4 is 21.4 Å². The van der Waals surface area contributed by atoms with E-state index in [0.717, 1.165) is 25.2 Å². The van der Waals surface area contributed by atoms with E-state index in [1.807, 2.05) is 16.9 Å². The van der Waals surface area contributed by atoms with Gasteiger partial charge in [0.05, 0.1) is 16.3 Å². The van der Waals surface area contributed by atoms with Crippen LogP contribution in [-0.4, -0.2) is 31.8 Å². The van der Waals surface area contributed by atoms with Crippen LogP contribution in [0, 0.1) is 0 Å². The van der Waals surface area contributed by atoms with E-state index in [-0.39, 0.29) is 4.90 Å². The molecule has 0 aliphatic carbocycles. The van der Waals surface area contributed by atoms with Gasteiger partial charge in [-0.1, -0.05) is 0 Å². The summed E-state index contributed by atoms with van der Waals surface area (Å²) in [6, 6.07) is 6.53. The van der Waals surface area contributed by atoms with Crippen LogP contribution in [0.25, 0.3) is 0 Å². The van der Waals surface area contributed by atoms with Gasteiger partial charge in [-0.3, -0.25) is 4.68 Å². The molecular weight excluding hydrogens is 290 g/mol. The lowest BCUT2D eigenvalue weighted by atomic mass is 10.2. The molecule has 114 valence electrons. The van der Waals surface area contributed by atoms with Crippen LogP contribution in [0.3, 0.4) is 0 Å². The zero-order valence-electron chi connectivity index (χ0n) is 11.8. The monoisotopic (exact) mass is 309 g/mol. The number of sulfonamides is 1. The predicted molar refractivity (Wildman–Crippen MR) is 82.4 cm³/mol. The molecule has 0 atom stereocenters. The number of nitrogens with zero attached hydrogens (tertiary/aromatic N) is 2. The number of anilines is 2. The van der Waals surface area contributed by atoms with Crippen LogP contribution in [0.2, 0.25) is 0 Å². The Morgan fingerprint density at radius 1 is 1.38 bits per heavy atom. The molecule has 0 aliphatic heterocycles. The zero-order chi connectivity index (χ0) is 15.3. The lowest BCUT2D eigenvalue weighted by Gasteiger charge is -2.11. The average Bonchev–Trinajstić information content (AvgIpc) is 2.98. The number of hydrogen-bond donors (Lipinski definition) is 3. The maximum Gasteiger partial charge on any atom is 0.240 e. The molecule has 0 unspecified atom stereocenters. The van der Waals surface area contributed by atoms with Crippen molar-refractivity contribution < 1.29 is 8.42 Å². The molecule has 1 heterocycles. The smallest absolute Gasteiger partial charge is 0.240 e. The predicted octanol–water partition coefficient (Wildman–Crippen LogP) is 0.876. The lowest BCUT2D eigenvalue weighted by Crippen LogP contribution is -2.19. The van der Waals surface area contributed by atoms with E-state index in [1.165, 1.54) is 19.2 Å². The van der Waals surface area contributed by atoms with Gasteiger partial charge in [-0.15, -0.1) is 0 Å². The maximum absolute atomic E-state index is 11.7. The van der Waals surface area contributed by atoms with Crippen LogP contribution < -0.4 is 15.8 Å². The Morgan fingerprint density at radius 3 is 2.81 bits per heavy atom. The van der Waals surface area contributed by atoms with Crippen molar-refractivity contribution in [3.8, 4) is 0 Å². The second kappa shape index (κ2) is 6.59. The molecule has 21 heavy (non-hydrogen) atoms. The second-order valence-corrected chi connectivity index (χ2v) is 6.39. The molecule has 7 nitrogen and oxygen atoms in total. The summed E-state index contributed by atoms with van der Waals surface area (Å²) in [4.78, 5) is 0.157. The zero-order valence-corrected chi connectivity index (χ0v) is 12.6. The molecule has 0 bridgehead atoms. The number of rotatable bonds is 7. The highest BCUT2D eigenvalue weighted by Crippen LogP contribution is 2.22. The van der Waals surface area contributed by atoms with Crippen LogP contribution >= 0.6 is 0 Å². The van der Waals surface area contributed by atoms with Crippen molar-refractivity contribution in [3.05, 3.63) is 36.7 Å². The first-order valence-electron chi connectivity index (χ1n) is 6.57. The van der Waals surface area contributed by atoms with Crippen molar-refractivity contribution in [3.63, 3.8) is 0 Å². The number of nitrogens with one attached hydrogen (secondary N) is 2. The molecule has 8 heteroatoms. The third-order valence-electron chi connectivity index (χ3n) is 3.04. The minimum atomic E-state index is -3.46. The molecule has 2 rings (SSSR count). The highest BCUT2D eigenvalue weighted by molar-refractivity contribution is 7.89. The SMILES string of the molecule is CNS(=O)(=O)c1ccc(NCCCn2cccn2)c(N)c1. The maximum atomic E-state index is 11.7. The van der Waals surface area contributed by atoms with Crippen LogP contribution in [0.1, 0.15) is 6.42 Å². The highest BCUT2D eigenvalue weighted by Gasteiger charge is 2.12. The van der Waals surface area contributed by atoms with E-state index in [9.17, 15) is 8.42 Å². The first kappa shape index (κ1) is 15.3. The number of nitrogen functional groups attached to an aromatic ring is 1. The summed E-state index contributed by atoms with van der Waals surface area (Å²) in [5, 5.41) is 7.31. The van der Waals surface area contributed by atoms with Crippen LogP contribution in [-0.2, 0) is 16.6 Å². The molecular formula is C13H19N5O2S. The Bertz CT molecular complexity index is 683. The molecule has 4 N–H and O–H groups in total. The number of nitrogens with two attached hydrogens (primary N) is 1. The number of hydrogen-bond acceptors (Lipinski definition) is 5. The van der Waals surface area contributed by atoms with Gasteiger partial charge >= 0.3 is 0 Å². The summed E-state index contributed by atoms with van der Waals surface area (Å²) < 4.78 is 27.4. The van der Waals surface area contributed by atoms with E-state index in [0.29, 0.717) is 5.69 Å². The van der Waals surface area contributed by atoms with Crippen LogP contribution in [0.5, 0.6) is 0 Å². The van der Waals surface area contributed by atoms with E-state index in [1.54, 1.807) is 12.3 Å². The number of aromatic nitrogens is 2. The Balaban J connectivity index is 1.92. The summed E-state index contributed by atoms with van der Waals surface area (Å²) in [7, 11) is -2.09. The van der Waals surface area contributed by atoms with Crippen LogP contribution in [0.15, 0.2) is 41.6 Å². The van der Waals surface area contributed by atoms with E-state index >= 15 is 0 Å². The second-order valence-electron chi connectivity index (χ2n) is 4.51. The molecule has 0 fully saturated rings. The molecule has 1 aromatic heterocycles. The van der Waals surface area contributed by atoms with Crippen molar-refractivity contribution in [2.75, 3.05) is 24.6 Å². The van der Waals surface area contributed by atoms with Gasteiger partial charge in [0.15, 0.2) is 0 Å². The van der Waals surface area contributed by atoms with Gasteiger partial charge in [0.2, 0.25) is 10.0 Å². The molecule has 1 aromatic carbocycles. The van der Waals surface area contributed by atoms with Gasteiger partial charge < -0.3 is 11.1 Å². The fraction of sp³-hybridized carbons (Fsp3) is 0.308. The first-order chi connectivity index (χ1) is 10.0. The number of benzene rings is 1. The highest BCUT2D eigenvalue weighted by atomic mass is 32.2. The van der Waals surface area contributed by atoms with Crippen molar-refractivity contribution in [2.24, 2.45) is 0 Å². The van der Waals surface area contributed by atoms with Crippen molar-refractivity contribution in [2.45, 2.75) is 17.9 Å². The molecule has 2 aromatic rings. The third kappa shape index (κ3) is 3.96. The fourth-order valence-corrected chi connectivity index (χ4v) is 2.65. The van der Waals surface area contributed by atoms with Gasteiger partial charge in [-0.2, -0.15) is 5.10 Å². The Labute approximate surface area is 124 Å². The first-order valence-corrected chi connectivity index (χ1v) is 8.05. The van der Waals surface area contributed by atoms with Crippen molar-refractivity contribution in [1.82, 2.24) is 14.5 Å². The standard InChI is InChI=1S/C13H19N5O2S/c1-15-21(19,20)11-4-5-13(12(14)10-11)16-6-2-8-18-9-3-7-17-18/h3-5,7,9-10,15-16H,2,6,8,14H2,1H3. The third-order valence-corrected chi connectivity index (χ3v) is 4.45. The van der Waals surface area contributed by atoms with Gasteiger partial charge in [0.1, 0.15) is 0 Å². The van der Waals surface area contributed by atoms with Crippen LogP contribution in [0.4, 0.5) is 11.4 Å². The van der Waals surface area contributed by atoms with Gasteiger partial charge in [0.25, 0.3) is 0 Å². The summed E-state index contributed by atoms with van der Waals surface area (Å²) in [6.45, 7) is 1.54. The molecule has 0 amide bonds. The normalized spacial score (nSPS) is 11.5. The Kier molecular flexibility index (Phi) is 4.81. The summed E-state index contributed by atoms with van der Waals surface area (Å²) >= 11 is 0. The van der Waals surface area contributed by atoms with Crippen molar-refractivity contribution in [1.29, 1.82) is 0 Å². The summed E-state index contributed by atoms with van der Waals surface area (Å²) in [6.07, 6.45) is 4.54. The Hall–Kier alpha value is -2.06. The molecule has 0 aliphatic rings. The average molecular weight is 309 g/mol. The van der Waals surface area contributed by atoms with E-state index in [4.69, 9.17) is 5.73 Å². The minimum absolute atomic E-state index is 0.157. The van der Waals surface area contributed by atoms with Gasteiger partial charge in [-0.25, -0.2) is 13.1 Å². The topological polar surface area (TPSA) is 102 Å². The van der Waals surface area contributed by atoms with Gasteiger partial charge in [0, 0.05) is 25.5 Å². The number of aryl methyl sites for hydroxylation is 1. The molecule has 0 spiro atoms. The summed E-state index contributed by atoms with van der Waals surface area (Å²) in [5.74, 6) is 0. The van der Waals surface area contributed by atoms with Gasteiger partial charge in [-0.05, 0) is 37.7 Å². The molecule has 0 saturated heterocycles.